The molecule has 0 saturated carbocycles. The molecule has 0 fully saturated rings. The lowest BCUT2D eigenvalue weighted by Gasteiger charge is -1.99. The third-order valence-electron chi connectivity index (χ3n) is 1.44. The molecule has 4 heteroatoms. The predicted molar refractivity (Wildman–Crippen MR) is 51.4 cm³/mol. The van der Waals surface area contributed by atoms with Gasteiger partial charge >= 0.3 is 0 Å². The summed E-state index contributed by atoms with van der Waals surface area (Å²) in [5.41, 5.74) is 1.89. The van der Waals surface area contributed by atoms with Gasteiger partial charge in [-0.05, 0) is 0 Å². The Balaban J connectivity index is 3.16. The number of hydrogen-bond acceptors (Lipinski definition) is 2. The van der Waals surface area contributed by atoms with Gasteiger partial charge in [0.25, 0.3) is 0 Å². The summed E-state index contributed by atoms with van der Waals surface area (Å²) in [7, 11) is 1.94. The van der Waals surface area contributed by atoms with Crippen LogP contribution in [0.3, 0.4) is 0 Å². The zero-order valence-electron chi connectivity index (χ0n) is 6.21. The summed E-state index contributed by atoms with van der Waals surface area (Å²) in [5.74, 6) is 4.99. The molecule has 2 nitrogen and oxygen atoms in total. The van der Waals surface area contributed by atoms with Crippen molar-refractivity contribution >= 4 is 31.1 Å². The molecule has 2 N–H and O–H groups in total. The van der Waals surface area contributed by atoms with Crippen LogP contribution in [0.25, 0.3) is 0 Å². The third-order valence-corrected chi connectivity index (χ3v) is 1.95. The van der Waals surface area contributed by atoms with Crippen LogP contribution in [0.2, 0.25) is 5.02 Å². The Bertz CT molecular complexity index is 286. The fraction of sp³-hybridized carbons (Fsp3) is 0. The van der Waals surface area contributed by atoms with Gasteiger partial charge in [-0.25, -0.2) is 0 Å². The smallest absolute Gasteiger partial charge is 0.141 e. The van der Waals surface area contributed by atoms with E-state index in [1.165, 1.54) is 6.21 Å². The van der Waals surface area contributed by atoms with Crippen molar-refractivity contribution in [3.05, 3.63) is 28.8 Å². The van der Waals surface area contributed by atoms with E-state index >= 15 is 0 Å². The Morgan fingerprint density at radius 3 is 2.91 bits per heavy atom. The van der Waals surface area contributed by atoms with Crippen LogP contribution in [0.5, 0.6) is 0 Å². The molecule has 0 heterocycles. The van der Waals surface area contributed by atoms with Crippen LogP contribution in [0, 0.1) is 0 Å². The van der Waals surface area contributed by atoms with Crippen LogP contribution >= 0.6 is 11.6 Å². The lowest BCUT2D eigenvalue weighted by molar-refractivity contribution is 1.26. The first-order valence-electron chi connectivity index (χ1n) is 3.24. The first kappa shape index (κ1) is 8.14. The van der Waals surface area contributed by atoms with Crippen LogP contribution < -0.4 is 11.3 Å². The second-order valence-corrected chi connectivity index (χ2v) is 2.63. The number of benzene rings is 1. The molecule has 56 valence electrons. The van der Waals surface area contributed by atoms with Gasteiger partial charge in [-0.15, -0.1) is 0 Å². The molecule has 0 atom stereocenters. The highest BCUT2D eigenvalue weighted by Gasteiger charge is 1.98. The van der Waals surface area contributed by atoms with Crippen LogP contribution in [-0.4, -0.2) is 14.1 Å². The van der Waals surface area contributed by atoms with Crippen molar-refractivity contribution in [1.29, 1.82) is 0 Å². The van der Waals surface area contributed by atoms with E-state index in [2.05, 4.69) is 5.10 Å². The average Bonchev–Trinajstić information content (AvgIpc) is 1.99. The molecule has 0 spiro atoms. The summed E-state index contributed by atoms with van der Waals surface area (Å²) in [6.45, 7) is 0. The summed E-state index contributed by atoms with van der Waals surface area (Å²) >= 11 is 5.93. The van der Waals surface area contributed by atoms with E-state index in [0.29, 0.717) is 5.02 Å². The molecule has 1 rings (SSSR count). The Labute approximate surface area is 71.5 Å². The second kappa shape index (κ2) is 3.44. The lowest BCUT2D eigenvalue weighted by Crippen LogP contribution is -2.05. The average molecular weight is 166 g/mol. The van der Waals surface area contributed by atoms with Gasteiger partial charge in [0.1, 0.15) is 7.85 Å². The standard InChI is InChI=1S/C7H8BClN2/c8-6-3-1-2-5(4-11-10)7(6)9/h1-4H,8,10H2/b11-4-. The van der Waals surface area contributed by atoms with Crippen molar-refractivity contribution in [2.75, 3.05) is 0 Å². The van der Waals surface area contributed by atoms with Crippen LogP contribution in [0.1, 0.15) is 5.56 Å². The Morgan fingerprint density at radius 1 is 1.55 bits per heavy atom. The molecule has 1 aromatic rings. The molecule has 1 aromatic carbocycles. The number of hydrogen-bond donors (Lipinski definition) is 1. The molecular formula is C7H8BClN2. The van der Waals surface area contributed by atoms with Crippen molar-refractivity contribution in [2.24, 2.45) is 10.9 Å². The number of nitrogens with zero attached hydrogens (tertiary/aromatic N) is 1. The zero-order valence-corrected chi connectivity index (χ0v) is 6.97. The summed E-state index contributed by atoms with van der Waals surface area (Å²) in [4.78, 5) is 0. The van der Waals surface area contributed by atoms with E-state index in [-0.39, 0.29) is 0 Å². The van der Waals surface area contributed by atoms with Crippen molar-refractivity contribution < 1.29 is 0 Å². The van der Waals surface area contributed by atoms with Gasteiger partial charge in [0.15, 0.2) is 0 Å². The Morgan fingerprint density at radius 2 is 2.27 bits per heavy atom. The molecular weight excluding hydrogens is 158 g/mol. The van der Waals surface area contributed by atoms with Gasteiger partial charge in [0.05, 0.1) is 6.21 Å². The summed E-state index contributed by atoms with van der Waals surface area (Å²) in [6.07, 6.45) is 1.54. The van der Waals surface area contributed by atoms with Crippen molar-refractivity contribution in [3.63, 3.8) is 0 Å². The van der Waals surface area contributed by atoms with Crippen molar-refractivity contribution in [1.82, 2.24) is 0 Å². The molecule has 0 aliphatic heterocycles. The highest BCUT2D eigenvalue weighted by Crippen LogP contribution is 2.09. The quantitative estimate of drug-likeness (QED) is 0.269. The lowest BCUT2D eigenvalue weighted by atomic mass is 9.94. The fourth-order valence-electron chi connectivity index (χ4n) is 0.850. The molecule has 0 unspecified atom stereocenters. The summed E-state index contributed by atoms with van der Waals surface area (Å²) in [5, 5.41) is 4.11. The fourth-order valence-corrected chi connectivity index (χ4v) is 1.02. The Kier molecular flexibility index (Phi) is 2.55. The maximum Gasteiger partial charge on any atom is 0.141 e. The van der Waals surface area contributed by atoms with Gasteiger partial charge in [0.2, 0.25) is 0 Å². The second-order valence-electron chi connectivity index (χ2n) is 2.26. The number of halogens is 1. The van der Waals surface area contributed by atoms with Gasteiger partial charge < -0.3 is 5.84 Å². The molecule has 0 amide bonds. The minimum atomic E-state index is 0.710. The number of rotatable bonds is 1. The highest BCUT2D eigenvalue weighted by atomic mass is 35.5. The monoisotopic (exact) mass is 166 g/mol. The summed E-state index contributed by atoms with van der Waals surface area (Å²) < 4.78 is 0. The minimum absolute atomic E-state index is 0.710. The van der Waals surface area contributed by atoms with E-state index in [1.807, 2.05) is 26.0 Å². The predicted octanol–water partition coefficient (Wildman–Crippen LogP) is -0.109. The van der Waals surface area contributed by atoms with E-state index in [1.54, 1.807) is 0 Å². The zero-order chi connectivity index (χ0) is 8.27. The van der Waals surface area contributed by atoms with Crippen LogP contribution in [-0.2, 0) is 0 Å². The SMILES string of the molecule is Bc1cccc(/C=N\N)c1Cl. The van der Waals surface area contributed by atoms with E-state index in [0.717, 1.165) is 11.0 Å². The highest BCUT2D eigenvalue weighted by molar-refractivity contribution is 6.46. The molecule has 0 aliphatic rings. The first-order chi connectivity index (χ1) is 5.25. The van der Waals surface area contributed by atoms with Crippen molar-refractivity contribution in [2.45, 2.75) is 0 Å². The molecule has 0 bridgehead atoms. The molecule has 0 aromatic heterocycles. The summed E-state index contributed by atoms with van der Waals surface area (Å²) in [6, 6.07) is 5.72. The van der Waals surface area contributed by atoms with Crippen molar-refractivity contribution in [3.8, 4) is 0 Å². The minimum Gasteiger partial charge on any atom is -0.323 e. The molecule has 0 aliphatic carbocycles. The number of hydrazone groups is 1. The first-order valence-corrected chi connectivity index (χ1v) is 3.62. The van der Waals surface area contributed by atoms with E-state index in [9.17, 15) is 0 Å². The largest absolute Gasteiger partial charge is 0.323 e. The van der Waals surface area contributed by atoms with E-state index in [4.69, 9.17) is 17.4 Å². The Hall–Kier alpha value is -0.955. The van der Waals surface area contributed by atoms with Gasteiger partial charge in [-0.1, -0.05) is 35.3 Å². The maximum atomic E-state index is 5.93. The van der Waals surface area contributed by atoms with Crippen LogP contribution in [0.4, 0.5) is 0 Å². The normalized spacial score (nSPS) is 10.6. The topological polar surface area (TPSA) is 38.4 Å². The molecule has 0 radical (unpaired) electrons. The van der Waals surface area contributed by atoms with E-state index < -0.39 is 0 Å². The van der Waals surface area contributed by atoms with Gasteiger partial charge in [0, 0.05) is 10.6 Å². The van der Waals surface area contributed by atoms with Gasteiger partial charge in [-0.2, -0.15) is 5.10 Å². The third kappa shape index (κ3) is 1.74. The van der Waals surface area contributed by atoms with Gasteiger partial charge in [-0.3, -0.25) is 0 Å². The maximum absolute atomic E-state index is 5.93. The molecule has 11 heavy (non-hydrogen) atoms. The molecule has 0 saturated heterocycles. The number of nitrogens with two attached hydrogens (primary N) is 1. The van der Waals surface area contributed by atoms with Crippen LogP contribution in [0.15, 0.2) is 23.3 Å².